The van der Waals surface area contributed by atoms with E-state index in [4.69, 9.17) is 33.7 Å². The Hall–Kier alpha value is -1.01. The van der Waals surface area contributed by atoms with Crippen LogP contribution in [0.4, 0.5) is 5.69 Å². The van der Waals surface area contributed by atoms with Crippen LogP contribution in [0.25, 0.3) is 0 Å². The highest BCUT2D eigenvalue weighted by Gasteiger charge is 2.18. The number of benzene rings is 1. The third-order valence-electron chi connectivity index (χ3n) is 2.57. The first-order valence-electron chi connectivity index (χ1n) is 5.46. The zero-order chi connectivity index (χ0) is 13.1. The number of nitrogen functional groups attached to an aromatic ring is 1. The van der Waals surface area contributed by atoms with Crippen molar-refractivity contribution in [1.82, 2.24) is 10.4 Å². The van der Waals surface area contributed by atoms with Crippen molar-refractivity contribution in [3.63, 3.8) is 0 Å². The zero-order valence-corrected chi connectivity index (χ0v) is 11.1. The quantitative estimate of drug-likeness (QED) is 0.811. The fourth-order valence-electron chi connectivity index (χ4n) is 1.65. The molecule has 7 heteroatoms. The summed E-state index contributed by atoms with van der Waals surface area (Å²) >= 11 is 11.9. The van der Waals surface area contributed by atoms with E-state index in [0.29, 0.717) is 32.0 Å². The van der Waals surface area contributed by atoms with Gasteiger partial charge in [-0.3, -0.25) is 10.2 Å². The number of hydrazine groups is 1. The number of anilines is 1. The van der Waals surface area contributed by atoms with Crippen molar-refractivity contribution in [2.24, 2.45) is 0 Å². The number of rotatable bonds is 2. The van der Waals surface area contributed by atoms with Crippen LogP contribution in [0, 0.1) is 0 Å². The average Bonchev–Trinajstić information content (AvgIpc) is 2.35. The number of nitrogens with zero attached hydrogens (tertiary/aromatic N) is 1. The van der Waals surface area contributed by atoms with Gasteiger partial charge in [0.05, 0.1) is 28.8 Å². The fraction of sp³-hybridized carbons (Fsp3) is 0.364. The van der Waals surface area contributed by atoms with Crippen LogP contribution < -0.4 is 11.2 Å². The summed E-state index contributed by atoms with van der Waals surface area (Å²) in [4.78, 5) is 12.0. The molecule has 1 heterocycles. The SMILES string of the molecule is Nc1cc(Cl)c(Cl)c(C(=O)NN2CCOCC2)c1. The summed E-state index contributed by atoms with van der Waals surface area (Å²) < 4.78 is 5.19. The number of amides is 1. The minimum absolute atomic E-state index is 0.205. The highest BCUT2D eigenvalue weighted by atomic mass is 35.5. The molecular weight excluding hydrogens is 277 g/mol. The van der Waals surface area contributed by atoms with E-state index in [2.05, 4.69) is 5.43 Å². The molecule has 18 heavy (non-hydrogen) atoms. The van der Waals surface area contributed by atoms with Gasteiger partial charge in [-0.05, 0) is 12.1 Å². The zero-order valence-electron chi connectivity index (χ0n) is 9.58. The maximum absolute atomic E-state index is 12.0. The van der Waals surface area contributed by atoms with Crippen molar-refractivity contribution >= 4 is 34.8 Å². The van der Waals surface area contributed by atoms with Crippen LogP contribution in [0.2, 0.25) is 10.0 Å². The lowest BCUT2D eigenvalue weighted by Crippen LogP contribution is -2.48. The Balaban J connectivity index is 2.13. The number of carbonyl (C=O) groups excluding carboxylic acids is 1. The van der Waals surface area contributed by atoms with Gasteiger partial charge in [-0.25, -0.2) is 5.01 Å². The van der Waals surface area contributed by atoms with Gasteiger partial charge in [0.2, 0.25) is 0 Å². The molecule has 0 aromatic heterocycles. The van der Waals surface area contributed by atoms with Crippen LogP contribution in [0.3, 0.4) is 0 Å². The number of nitrogens with one attached hydrogen (secondary N) is 1. The van der Waals surface area contributed by atoms with Gasteiger partial charge in [0, 0.05) is 18.8 Å². The third kappa shape index (κ3) is 3.05. The van der Waals surface area contributed by atoms with E-state index < -0.39 is 0 Å². The lowest BCUT2D eigenvalue weighted by atomic mass is 10.2. The van der Waals surface area contributed by atoms with Gasteiger partial charge in [0.25, 0.3) is 5.91 Å². The molecule has 0 saturated carbocycles. The van der Waals surface area contributed by atoms with E-state index in [1.165, 1.54) is 12.1 Å². The Bertz CT molecular complexity index is 462. The topological polar surface area (TPSA) is 67.6 Å². The van der Waals surface area contributed by atoms with Gasteiger partial charge in [0.15, 0.2) is 0 Å². The smallest absolute Gasteiger partial charge is 0.267 e. The van der Waals surface area contributed by atoms with Crippen LogP contribution in [-0.4, -0.2) is 37.2 Å². The average molecular weight is 290 g/mol. The Morgan fingerprint density at radius 3 is 2.67 bits per heavy atom. The number of ether oxygens (including phenoxy) is 1. The molecule has 98 valence electrons. The van der Waals surface area contributed by atoms with Gasteiger partial charge in [-0.1, -0.05) is 23.2 Å². The van der Waals surface area contributed by atoms with Gasteiger partial charge < -0.3 is 10.5 Å². The largest absolute Gasteiger partial charge is 0.399 e. The van der Waals surface area contributed by atoms with E-state index in [9.17, 15) is 4.79 Å². The number of carbonyl (C=O) groups is 1. The lowest BCUT2D eigenvalue weighted by Gasteiger charge is -2.27. The number of morpholine rings is 1. The highest BCUT2D eigenvalue weighted by molar-refractivity contribution is 6.44. The Kier molecular flexibility index (Phi) is 4.29. The molecule has 0 spiro atoms. The fourth-order valence-corrected chi connectivity index (χ4v) is 2.08. The van der Waals surface area contributed by atoms with Gasteiger partial charge in [0.1, 0.15) is 0 Å². The maximum atomic E-state index is 12.0. The number of hydrogen-bond donors (Lipinski definition) is 2. The molecule has 1 fully saturated rings. The van der Waals surface area contributed by atoms with Crippen molar-refractivity contribution in [3.05, 3.63) is 27.7 Å². The first-order valence-corrected chi connectivity index (χ1v) is 6.21. The first kappa shape index (κ1) is 13.4. The first-order chi connectivity index (χ1) is 8.58. The predicted octanol–water partition coefficient (Wildman–Crippen LogP) is 1.55. The maximum Gasteiger partial charge on any atom is 0.267 e. The van der Waals surface area contributed by atoms with E-state index in [-0.39, 0.29) is 21.5 Å². The van der Waals surface area contributed by atoms with Crippen molar-refractivity contribution < 1.29 is 9.53 Å². The summed E-state index contributed by atoms with van der Waals surface area (Å²) in [6, 6.07) is 3.01. The molecule has 0 bridgehead atoms. The van der Waals surface area contributed by atoms with Crippen LogP contribution in [-0.2, 0) is 4.74 Å². The molecule has 0 aliphatic carbocycles. The van der Waals surface area contributed by atoms with Crippen molar-refractivity contribution in [3.8, 4) is 0 Å². The molecule has 1 aromatic carbocycles. The van der Waals surface area contributed by atoms with Crippen LogP contribution in [0.15, 0.2) is 12.1 Å². The second kappa shape index (κ2) is 5.75. The number of nitrogens with two attached hydrogens (primary N) is 1. The predicted molar refractivity (Wildman–Crippen MR) is 70.7 cm³/mol. The lowest BCUT2D eigenvalue weighted by molar-refractivity contribution is 0.0126. The van der Waals surface area contributed by atoms with Crippen LogP contribution in [0.5, 0.6) is 0 Å². The second-order valence-electron chi connectivity index (χ2n) is 3.90. The minimum Gasteiger partial charge on any atom is -0.399 e. The third-order valence-corrected chi connectivity index (χ3v) is 3.37. The van der Waals surface area contributed by atoms with Gasteiger partial charge in [-0.15, -0.1) is 0 Å². The monoisotopic (exact) mass is 289 g/mol. The Labute approximate surface area is 115 Å². The van der Waals surface area contributed by atoms with E-state index in [1.54, 1.807) is 5.01 Å². The summed E-state index contributed by atoms with van der Waals surface area (Å²) in [5.74, 6) is -0.323. The minimum atomic E-state index is -0.323. The molecule has 1 aliphatic heterocycles. The van der Waals surface area contributed by atoms with Crippen molar-refractivity contribution in [2.45, 2.75) is 0 Å². The van der Waals surface area contributed by atoms with Crippen LogP contribution in [0.1, 0.15) is 10.4 Å². The number of halogens is 2. The normalized spacial score (nSPS) is 16.6. The molecule has 5 nitrogen and oxygen atoms in total. The molecule has 0 radical (unpaired) electrons. The van der Waals surface area contributed by atoms with Gasteiger partial charge >= 0.3 is 0 Å². The standard InChI is InChI=1S/C11H13Cl2N3O2/c12-9-6-7(14)5-8(10(9)13)11(17)15-16-1-3-18-4-2-16/h5-6H,1-4,14H2,(H,15,17). The molecule has 0 atom stereocenters. The highest BCUT2D eigenvalue weighted by Crippen LogP contribution is 2.28. The van der Waals surface area contributed by atoms with E-state index in [0.717, 1.165) is 0 Å². The van der Waals surface area contributed by atoms with Gasteiger partial charge in [-0.2, -0.15) is 0 Å². The second-order valence-corrected chi connectivity index (χ2v) is 4.69. The molecule has 2 rings (SSSR count). The summed E-state index contributed by atoms with van der Waals surface area (Å²) in [5.41, 5.74) is 9.06. The molecule has 1 aromatic rings. The summed E-state index contributed by atoms with van der Waals surface area (Å²) in [6.45, 7) is 2.45. The van der Waals surface area contributed by atoms with Crippen LogP contribution >= 0.6 is 23.2 Å². The number of hydrogen-bond acceptors (Lipinski definition) is 4. The van der Waals surface area contributed by atoms with E-state index >= 15 is 0 Å². The molecular formula is C11H13Cl2N3O2. The van der Waals surface area contributed by atoms with Crippen molar-refractivity contribution in [1.29, 1.82) is 0 Å². The Morgan fingerprint density at radius 2 is 2.00 bits per heavy atom. The summed E-state index contributed by atoms with van der Waals surface area (Å²) in [5, 5.41) is 2.25. The molecule has 3 N–H and O–H groups in total. The summed E-state index contributed by atoms with van der Waals surface area (Å²) in [7, 11) is 0. The molecule has 1 aliphatic rings. The molecule has 1 amide bonds. The Morgan fingerprint density at radius 1 is 1.33 bits per heavy atom. The molecule has 0 unspecified atom stereocenters. The summed E-state index contributed by atoms with van der Waals surface area (Å²) in [6.07, 6.45) is 0. The van der Waals surface area contributed by atoms with E-state index in [1.807, 2.05) is 0 Å². The molecule has 1 saturated heterocycles. The van der Waals surface area contributed by atoms with Crippen molar-refractivity contribution in [2.75, 3.05) is 32.0 Å².